The van der Waals surface area contributed by atoms with Gasteiger partial charge in [-0.2, -0.15) is 13.5 Å². The molecule has 3 aromatic rings. The number of halogens is 1. The van der Waals surface area contributed by atoms with Gasteiger partial charge in [0.2, 0.25) is 0 Å². The highest BCUT2D eigenvalue weighted by Gasteiger charge is 2.31. The number of aromatic nitrogens is 1. The molecular weight excluding hydrogens is 498 g/mol. The van der Waals surface area contributed by atoms with Gasteiger partial charge in [-0.05, 0) is 62.2 Å². The first-order valence-electron chi connectivity index (χ1n) is 11.8. The van der Waals surface area contributed by atoms with Gasteiger partial charge in [0.05, 0.1) is 29.9 Å². The third-order valence-electron chi connectivity index (χ3n) is 6.34. The molecule has 0 bridgehead atoms. The number of ether oxygens (including phenoxy) is 2. The molecule has 2 heterocycles. The molecule has 2 amide bonds. The molecule has 192 valence electrons. The van der Waals surface area contributed by atoms with Crippen molar-refractivity contribution in [2.24, 2.45) is 0 Å². The predicted molar refractivity (Wildman–Crippen MR) is 148 cm³/mol. The van der Waals surface area contributed by atoms with Crippen LogP contribution in [0, 0.1) is 6.92 Å². The molecule has 0 N–H and O–H groups in total. The number of hydrogen-bond acceptors (Lipinski definition) is 5. The molecule has 36 heavy (non-hydrogen) atoms. The topological polar surface area (TPSA) is 72.0 Å². The van der Waals surface area contributed by atoms with Crippen LogP contribution < -0.4 is 4.74 Å². The summed E-state index contributed by atoms with van der Waals surface area (Å²) in [5.41, 5.74) is 3.76. The van der Waals surface area contributed by atoms with E-state index in [1.54, 1.807) is 29.0 Å². The third-order valence-corrected chi connectivity index (χ3v) is 6.82. The van der Waals surface area contributed by atoms with Crippen molar-refractivity contribution in [3.05, 3.63) is 58.6 Å². The second-order valence-corrected chi connectivity index (χ2v) is 9.15. The summed E-state index contributed by atoms with van der Waals surface area (Å²) >= 11 is 6.72. The molecule has 2 aromatic carbocycles. The molecule has 7 nitrogen and oxygen atoms in total. The van der Waals surface area contributed by atoms with Gasteiger partial charge in [0.25, 0.3) is 5.91 Å². The van der Waals surface area contributed by atoms with Crippen molar-refractivity contribution in [1.29, 1.82) is 0 Å². The molecule has 1 aliphatic heterocycles. The number of carbonyl (C=O) groups excluding carboxylic acids is 2. The van der Waals surface area contributed by atoms with Gasteiger partial charge >= 0.3 is 6.09 Å². The lowest BCUT2D eigenvalue weighted by Gasteiger charge is -2.39. The molecule has 0 aliphatic carbocycles. The summed E-state index contributed by atoms with van der Waals surface area (Å²) in [6.07, 6.45) is 0.455. The minimum Gasteiger partial charge on any atom is -0.497 e. The zero-order valence-corrected chi connectivity index (χ0v) is 22.8. The van der Waals surface area contributed by atoms with E-state index in [1.807, 2.05) is 51.1 Å². The summed E-state index contributed by atoms with van der Waals surface area (Å²) in [6, 6.07) is 13.0. The van der Waals surface area contributed by atoms with E-state index in [2.05, 4.69) is 0 Å². The zero-order valence-electron chi connectivity index (χ0n) is 21.0. The van der Waals surface area contributed by atoms with E-state index in [0.29, 0.717) is 42.3 Å². The number of nitrogens with zero attached hydrogens (tertiary/aromatic N) is 3. The highest BCUT2D eigenvalue weighted by molar-refractivity contribution is 7.59. The van der Waals surface area contributed by atoms with Crippen LogP contribution in [-0.4, -0.2) is 66.2 Å². The number of hydrogen-bond donors (Lipinski definition) is 0. The Labute approximate surface area is 223 Å². The Hall–Kier alpha value is -2.97. The summed E-state index contributed by atoms with van der Waals surface area (Å²) in [4.78, 5) is 33.9. The zero-order chi connectivity index (χ0) is 25.1. The van der Waals surface area contributed by atoms with Crippen LogP contribution in [0.5, 0.6) is 5.75 Å². The van der Waals surface area contributed by atoms with Gasteiger partial charge in [-0.25, -0.2) is 9.78 Å². The van der Waals surface area contributed by atoms with Gasteiger partial charge in [-0.1, -0.05) is 24.6 Å². The molecule has 1 aromatic heterocycles. The van der Waals surface area contributed by atoms with Gasteiger partial charge < -0.3 is 19.3 Å². The second-order valence-electron chi connectivity index (χ2n) is 8.77. The molecular formula is C27H32ClN3O4S. The number of piperazine rings is 1. The van der Waals surface area contributed by atoms with Crippen molar-refractivity contribution in [2.75, 3.05) is 33.4 Å². The SMILES string of the molecule is CCCOC(=O)N1CCN(C(=O)c2ccc3c(Cl)c(C)c(-c4ccc(OC)cc4)nc3c2)[C@@H](C)C1.S. The number of pyridine rings is 1. The third kappa shape index (κ3) is 5.55. The minimum absolute atomic E-state index is 0. The first-order valence-corrected chi connectivity index (χ1v) is 12.2. The van der Waals surface area contributed by atoms with Crippen molar-refractivity contribution in [1.82, 2.24) is 14.8 Å². The normalized spacial score (nSPS) is 15.4. The molecule has 1 fully saturated rings. The lowest BCUT2D eigenvalue weighted by Crippen LogP contribution is -2.55. The minimum atomic E-state index is -0.322. The number of rotatable bonds is 5. The van der Waals surface area contributed by atoms with Crippen LogP contribution in [0.1, 0.15) is 36.2 Å². The van der Waals surface area contributed by atoms with E-state index in [-0.39, 0.29) is 31.5 Å². The summed E-state index contributed by atoms with van der Waals surface area (Å²) in [7, 11) is 1.63. The first-order chi connectivity index (χ1) is 16.8. The van der Waals surface area contributed by atoms with E-state index in [9.17, 15) is 9.59 Å². The Morgan fingerprint density at radius 2 is 1.86 bits per heavy atom. The maximum Gasteiger partial charge on any atom is 0.409 e. The molecule has 1 atom stereocenters. The van der Waals surface area contributed by atoms with Gasteiger partial charge in [-0.15, -0.1) is 0 Å². The molecule has 9 heteroatoms. The van der Waals surface area contributed by atoms with Crippen LogP contribution in [0.15, 0.2) is 42.5 Å². The van der Waals surface area contributed by atoms with Crippen molar-refractivity contribution >= 4 is 48.0 Å². The van der Waals surface area contributed by atoms with E-state index in [0.717, 1.165) is 34.4 Å². The Morgan fingerprint density at radius 1 is 1.14 bits per heavy atom. The number of amides is 2. The molecule has 0 saturated carbocycles. The molecule has 0 unspecified atom stereocenters. The lowest BCUT2D eigenvalue weighted by molar-refractivity contribution is 0.0414. The predicted octanol–water partition coefficient (Wildman–Crippen LogP) is 5.68. The van der Waals surface area contributed by atoms with Crippen LogP contribution in [0.3, 0.4) is 0 Å². The average Bonchev–Trinajstić information content (AvgIpc) is 2.88. The Bertz CT molecular complexity index is 1250. The average molecular weight is 530 g/mol. The molecule has 0 radical (unpaired) electrons. The monoisotopic (exact) mass is 529 g/mol. The van der Waals surface area contributed by atoms with Gasteiger partial charge in [0, 0.05) is 42.2 Å². The van der Waals surface area contributed by atoms with E-state index in [4.69, 9.17) is 26.1 Å². The Morgan fingerprint density at radius 3 is 2.50 bits per heavy atom. The van der Waals surface area contributed by atoms with Gasteiger partial charge in [0.1, 0.15) is 5.75 Å². The smallest absolute Gasteiger partial charge is 0.409 e. The van der Waals surface area contributed by atoms with Crippen LogP contribution in [-0.2, 0) is 4.74 Å². The van der Waals surface area contributed by atoms with Crippen LogP contribution in [0.25, 0.3) is 22.2 Å². The molecule has 0 spiro atoms. The standard InChI is InChI=1S/C27H30ClN3O4.H2S/c1-5-14-35-27(33)30-12-13-31(17(2)16-30)26(32)20-8-11-22-23(15-20)29-25(18(3)24(22)28)19-6-9-21(34-4)10-7-19;/h6-11,15,17H,5,12-14,16H2,1-4H3;1H2/t17-;/m0./s1. The van der Waals surface area contributed by atoms with E-state index < -0.39 is 0 Å². The van der Waals surface area contributed by atoms with Crippen molar-refractivity contribution in [3.8, 4) is 17.0 Å². The highest BCUT2D eigenvalue weighted by atomic mass is 35.5. The maximum absolute atomic E-state index is 13.4. The summed E-state index contributed by atoms with van der Waals surface area (Å²) in [6.45, 7) is 7.57. The second kappa shape index (κ2) is 11.8. The van der Waals surface area contributed by atoms with E-state index in [1.165, 1.54) is 0 Å². The molecule has 1 aliphatic rings. The fourth-order valence-electron chi connectivity index (χ4n) is 4.35. The summed E-state index contributed by atoms with van der Waals surface area (Å²) in [5, 5.41) is 1.42. The quantitative estimate of drug-likeness (QED) is 0.425. The largest absolute Gasteiger partial charge is 0.497 e. The van der Waals surface area contributed by atoms with Crippen molar-refractivity contribution in [3.63, 3.8) is 0 Å². The highest BCUT2D eigenvalue weighted by Crippen LogP contribution is 2.34. The van der Waals surface area contributed by atoms with Gasteiger partial charge in [0.15, 0.2) is 0 Å². The van der Waals surface area contributed by atoms with Crippen molar-refractivity contribution in [2.45, 2.75) is 33.2 Å². The lowest BCUT2D eigenvalue weighted by atomic mass is 10.0. The van der Waals surface area contributed by atoms with Gasteiger partial charge in [-0.3, -0.25) is 4.79 Å². The number of benzene rings is 2. The van der Waals surface area contributed by atoms with E-state index >= 15 is 0 Å². The van der Waals surface area contributed by atoms with Crippen LogP contribution >= 0.6 is 25.1 Å². The fraction of sp³-hybridized carbons (Fsp3) is 0.370. The van der Waals surface area contributed by atoms with Crippen LogP contribution in [0.4, 0.5) is 4.79 Å². The summed E-state index contributed by atoms with van der Waals surface area (Å²) in [5.74, 6) is 0.671. The first kappa shape index (κ1) is 27.6. The number of methoxy groups -OCH3 is 1. The Kier molecular flexibility index (Phi) is 9.08. The number of carbonyl (C=O) groups is 2. The fourth-order valence-corrected chi connectivity index (χ4v) is 4.60. The summed E-state index contributed by atoms with van der Waals surface area (Å²) < 4.78 is 10.5. The van der Waals surface area contributed by atoms with Crippen molar-refractivity contribution < 1.29 is 19.1 Å². The number of fused-ring (bicyclic) bond motifs is 1. The Balaban J connectivity index is 0.00000361. The maximum atomic E-state index is 13.4. The molecule has 1 saturated heterocycles. The van der Waals surface area contributed by atoms with Crippen LogP contribution in [0.2, 0.25) is 5.02 Å². The molecule has 4 rings (SSSR count).